The van der Waals surface area contributed by atoms with Crippen LogP contribution in [0.2, 0.25) is 5.02 Å². The Hall–Kier alpha value is -2.80. The van der Waals surface area contributed by atoms with Crippen molar-refractivity contribution < 1.29 is 4.39 Å². The second-order valence-corrected chi connectivity index (χ2v) is 6.57. The summed E-state index contributed by atoms with van der Waals surface area (Å²) in [4.78, 5) is 17.8. The number of aliphatic imine (C=N–C) groups is 1. The van der Waals surface area contributed by atoms with Crippen molar-refractivity contribution in [3.63, 3.8) is 0 Å². The third-order valence-corrected chi connectivity index (χ3v) is 4.93. The number of aromatic nitrogens is 2. The molecule has 0 saturated carbocycles. The molecule has 0 aliphatic carbocycles. The Morgan fingerprint density at radius 1 is 1.35 bits per heavy atom. The summed E-state index contributed by atoms with van der Waals surface area (Å²) in [7, 11) is 1.19. The minimum Gasteiger partial charge on any atom is -0.383 e. The lowest BCUT2D eigenvalue weighted by Crippen LogP contribution is -2.20. The highest BCUT2D eigenvalue weighted by atomic mass is 35.5. The number of nitrogens with zero attached hydrogens (tertiary/aromatic N) is 4. The smallest absolute Gasteiger partial charge is 0.135 e. The van der Waals surface area contributed by atoms with Crippen LogP contribution < -0.4 is 5.73 Å². The Kier molecular flexibility index (Phi) is 3.96. The molecule has 0 radical (unpaired) electrons. The fourth-order valence-corrected chi connectivity index (χ4v) is 3.93. The molecule has 0 saturated heterocycles. The van der Waals surface area contributed by atoms with Crippen molar-refractivity contribution in [2.75, 3.05) is 7.05 Å². The molecule has 1 aromatic heterocycles. The van der Waals surface area contributed by atoms with E-state index in [9.17, 15) is 4.39 Å². The zero-order chi connectivity index (χ0) is 18.4. The summed E-state index contributed by atoms with van der Waals surface area (Å²) in [5.41, 5.74) is 9.12. The fourth-order valence-electron chi connectivity index (χ4n) is 3.76. The molecule has 5 rings (SSSR count). The van der Waals surface area contributed by atoms with Gasteiger partial charge in [-0.15, -0.1) is 0 Å². The molecule has 8 heteroatoms. The van der Waals surface area contributed by atoms with Crippen molar-refractivity contribution in [3.05, 3.63) is 69.1 Å². The van der Waals surface area contributed by atoms with Gasteiger partial charge in [-0.2, -0.15) is 4.91 Å². The van der Waals surface area contributed by atoms with Gasteiger partial charge in [0.15, 0.2) is 0 Å². The molecule has 2 unspecified atom stereocenters. The SMILES string of the molecule is CN=O.NC1=NC2CC(c3c(F)cccc31)n1c2nc2ccc(Cl)cc21. The van der Waals surface area contributed by atoms with Crippen LogP contribution in [-0.4, -0.2) is 22.4 Å². The van der Waals surface area contributed by atoms with Crippen molar-refractivity contribution in [1.82, 2.24) is 9.55 Å². The maximum atomic E-state index is 14.6. The third-order valence-electron chi connectivity index (χ3n) is 4.69. The molecule has 2 aromatic carbocycles. The monoisotopic (exact) mass is 371 g/mol. The van der Waals surface area contributed by atoms with Crippen LogP contribution >= 0.6 is 11.6 Å². The molecule has 0 fully saturated rings. The topological polar surface area (TPSA) is 85.6 Å². The molecule has 2 aliphatic heterocycles. The van der Waals surface area contributed by atoms with E-state index in [0.717, 1.165) is 16.9 Å². The molecule has 6 nitrogen and oxygen atoms in total. The molecule has 26 heavy (non-hydrogen) atoms. The van der Waals surface area contributed by atoms with Gasteiger partial charge in [-0.3, -0.25) is 4.99 Å². The van der Waals surface area contributed by atoms with E-state index in [1.165, 1.54) is 13.1 Å². The molecular weight excluding hydrogens is 357 g/mol. The number of fused-ring (bicyclic) bond motifs is 9. The van der Waals surface area contributed by atoms with Crippen molar-refractivity contribution in [2.45, 2.75) is 18.5 Å². The number of nitroso groups, excluding NO2 is 1. The van der Waals surface area contributed by atoms with Gasteiger partial charge in [0.2, 0.25) is 0 Å². The molecular formula is C18H15ClFN5O. The maximum absolute atomic E-state index is 14.6. The first-order valence-electron chi connectivity index (χ1n) is 8.06. The first-order chi connectivity index (χ1) is 12.5. The molecule has 3 heterocycles. The molecule has 3 aromatic rings. The van der Waals surface area contributed by atoms with E-state index in [4.69, 9.17) is 22.2 Å². The number of benzene rings is 2. The van der Waals surface area contributed by atoms with Crippen molar-refractivity contribution in [3.8, 4) is 0 Å². The summed E-state index contributed by atoms with van der Waals surface area (Å²) in [5, 5.41) is 2.89. The van der Waals surface area contributed by atoms with Crippen LogP contribution in [0, 0.1) is 10.7 Å². The van der Waals surface area contributed by atoms with Crippen molar-refractivity contribution in [1.29, 1.82) is 0 Å². The molecule has 132 valence electrons. The minimum absolute atomic E-state index is 0.155. The average Bonchev–Trinajstić information content (AvgIpc) is 3.08. The van der Waals surface area contributed by atoms with Crippen molar-refractivity contribution in [2.24, 2.45) is 15.9 Å². The van der Waals surface area contributed by atoms with E-state index in [1.54, 1.807) is 6.07 Å². The van der Waals surface area contributed by atoms with E-state index in [2.05, 4.69) is 19.7 Å². The van der Waals surface area contributed by atoms with Gasteiger partial charge < -0.3 is 10.3 Å². The number of imidazole rings is 1. The standard InChI is InChI=1S/C17H12ClFN4.CH3NO/c18-8-4-5-11-13(6-8)23-14-7-12(17(23)22-11)21-16(20)9-2-1-3-10(19)15(9)14;1-2-3/h1-6,12,14H,7H2,(H2,20,21);1H3. The predicted molar refractivity (Wildman–Crippen MR) is 99.1 cm³/mol. The Balaban J connectivity index is 0.000000527. The Morgan fingerprint density at radius 3 is 2.88 bits per heavy atom. The van der Waals surface area contributed by atoms with Gasteiger partial charge in [0.25, 0.3) is 0 Å². The van der Waals surface area contributed by atoms with Crippen LogP contribution in [0.3, 0.4) is 0 Å². The van der Waals surface area contributed by atoms with E-state index in [-0.39, 0.29) is 17.9 Å². The lowest BCUT2D eigenvalue weighted by Gasteiger charge is -2.18. The Labute approximate surface area is 153 Å². The lowest BCUT2D eigenvalue weighted by atomic mass is 9.97. The van der Waals surface area contributed by atoms with E-state index >= 15 is 0 Å². The van der Waals surface area contributed by atoms with E-state index in [1.807, 2.05) is 24.3 Å². The van der Waals surface area contributed by atoms with Crippen LogP contribution in [-0.2, 0) is 0 Å². The summed E-state index contributed by atoms with van der Waals surface area (Å²) >= 11 is 6.14. The summed E-state index contributed by atoms with van der Waals surface area (Å²) < 4.78 is 16.6. The van der Waals surface area contributed by atoms with Crippen LogP contribution in [0.4, 0.5) is 4.39 Å². The highest BCUT2D eigenvalue weighted by Crippen LogP contribution is 2.46. The normalized spacial score (nSPS) is 19.7. The van der Waals surface area contributed by atoms with Crippen LogP contribution in [0.5, 0.6) is 0 Å². The predicted octanol–water partition coefficient (Wildman–Crippen LogP) is 3.96. The van der Waals surface area contributed by atoms with Gasteiger partial charge in [0.1, 0.15) is 23.5 Å². The summed E-state index contributed by atoms with van der Waals surface area (Å²) in [6.45, 7) is 0. The highest BCUT2D eigenvalue weighted by Gasteiger charge is 2.39. The Morgan fingerprint density at radius 2 is 2.12 bits per heavy atom. The van der Waals surface area contributed by atoms with Crippen LogP contribution in [0.15, 0.2) is 46.6 Å². The van der Waals surface area contributed by atoms with Gasteiger partial charge in [-0.1, -0.05) is 28.9 Å². The molecule has 2 atom stereocenters. The van der Waals surface area contributed by atoms with Gasteiger partial charge in [0, 0.05) is 22.6 Å². The first-order valence-corrected chi connectivity index (χ1v) is 8.43. The third kappa shape index (κ3) is 2.39. The zero-order valence-electron chi connectivity index (χ0n) is 13.9. The van der Waals surface area contributed by atoms with E-state index in [0.29, 0.717) is 28.4 Å². The molecule has 0 spiro atoms. The van der Waals surface area contributed by atoms with Gasteiger partial charge >= 0.3 is 0 Å². The van der Waals surface area contributed by atoms with Gasteiger partial charge in [-0.25, -0.2) is 9.37 Å². The fraction of sp³-hybridized carbons (Fsp3) is 0.222. The van der Waals surface area contributed by atoms with Crippen molar-refractivity contribution >= 4 is 28.5 Å². The number of nitrogens with two attached hydrogens (primary N) is 1. The largest absolute Gasteiger partial charge is 0.383 e. The van der Waals surface area contributed by atoms with Gasteiger partial charge in [0.05, 0.1) is 24.1 Å². The molecule has 2 N–H and O–H groups in total. The number of hydrogen-bond donors (Lipinski definition) is 1. The van der Waals surface area contributed by atoms with Crippen LogP contribution in [0.1, 0.15) is 35.5 Å². The summed E-state index contributed by atoms with van der Waals surface area (Å²) in [6, 6.07) is 10.2. The number of rotatable bonds is 0. The highest BCUT2D eigenvalue weighted by molar-refractivity contribution is 6.31. The molecule has 0 amide bonds. The number of halogens is 2. The lowest BCUT2D eigenvalue weighted by molar-refractivity contribution is 0.544. The maximum Gasteiger partial charge on any atom is 0.135 e. The van der Waals surface area contributed by atoms with E-state index < -0.39 is 0 Å². The quantitative estimate of drug-likeness (QED) is 0.607. The number of amidine groups is 1. The molecule has 2 bridgehead atoms. The summed E-state index contributed by atoms with van der Waals surface area (Å²) in [5.74, 6) is 0.940. The molecule has 2 aliphatic rings. The summed E-state index contributed by atoms with van der Waals surface area (Å²) in [6.07, 6.45) is 0.666. The first kappa shape index (κ1) is 16.7. The number of hydrogen-bond acceptors (Lipinski definition) is 5. The second-order valence-electron chi connectivity index (χ2n) is 6.14. The second kappa shape index (κ2) is 6.17. The Bertz CT molecular complexity index is 1060. The van der Waals surface area contributed by atoms with Gasteiger partial charge in [-0.05, 0) is 24.3 Å². The van der Waals surface area contributed by atoms with Crippen LogP contribution in [0.25, 0.3) is 11.0 Å². The zero-order valence-corrected chi connectivity index (χ0v) is 14.6. The average molecular weight is 372 g/mol. The minimum atomic E-state index is -0.261.